The first-order valence-corrected chi connectivity index (χ1v) is 10.7. The summed E-state index contributed by atoms with van der Waals surface area (Å²) in [4.78, 5) is 28.0. The number of pyridine rings is 1. The zero-order valence-electron chi connectivity index (χ0n) is 19.8. The molecule has 0 fully saturated rings. The highest BCUT2D eigenvalue weighted by molar-refractivity contribution is 6.06. The highest BCUT2D eigenvalue weighted by Gasteiger charge is 2.25. The Morgan fingerprint density at radius 3 is 2.50 bits per heavy atom. The Morgan fingerprint density at radius 2 is 1.94 bits per heavy atom. The van der Waals surface area contributed by atoms with Crippen LogP contribution in [0.5, 0.6) is 5.75 Å². The minimum absolute atomic E-state index is 0.0541. The molecule has 6 N–H and O–H groups in total. The van der Waals surface area contributed by atoms with E-state index < -0.39 is 6.04 Å². The van der Waals surface area contributed by atoms with Gasteiger partial charge in [0.15, 0.2) is 5.84 Å². The van der Waals surface area contributed by atoms with E-state index in [0.29, 0.717) is 23.2 Å². The Balaban J connectivity index is 0.00000129. The van der Waals surface area contributed by atoms with E-state index in [1.807, 2.05) is 12.1 Å². The van der Waals surface area contributed by atoms with E-state index in [1.54, 1.807) is 32.2 Å². The summed E-state index contributed by atoms with van der Waals surface area (Å²) in [5.74, 6) is 6.28. The van der Waals surface area contributed by atoms with Crippen LogP contribution in [0.1, 0.15) is 48.0 Å². The molecule has 184 valence electrons. The number of ether oxygens (including phenoxy) is 1. The molecule has 3 rings (SSSR count). The third-order valence-electron chi connectivity index (χ3n) is 5.47. The van der Waals surface area contributed by atoms with Gasteiger partial charge in [-0.05, 0) is 56.2 Å². The van der Waals surface area contributed by atoms with Gasteiger partial charge in [0.05, 0.1) is 25.3 Å². The Labute approximate surface area is 198 Å². The first-order chi connectivity index (χ1) is 16.2. The lowest BCUT2D eigenvalue weighted by Gasteiger charge is -2.24. The summed E-state index contributed by atoms with van der Waals surface area (Å²) in [6.45, 7) is 7.17. The fourth-order valence-electron chi connectivity index (χ4n) is 3.43. The number of nitrogens with two attached hydrogens (primary N) is 1. The summed E-state index contributed by atoms with van der Waals surface area (Å²) in [6, 6.07) is 8.73. The topological polar surface area (TPSA) is 165 Å². The highest BCUT2D eigenvalue weighted by atomic mass is 16.5. The van der Waals surface area contributed by atoms with Crippen LogP contribution >= 0.6 is 0 Å². The predicted octanol–water partition coefficient (Wildman–Crippen LogP) is 1.65. The number of nitrogens with one attached hydrogen (secondary N) is 2. The molecule has 2 aromatic rings. The van der Waals surface area contributed by atoms with Crippen LogP contribution < -0.4 is 15.9 Å². The number of aliphatic hydroxyl groups excluding tert-OH is 1. The second kappa shape index (κ2) is 12.1. The van der Waals surface area contributed by atoms with Crippen LogP contribution in [0.25, 0.3) is 0 Å². The molecule has 1 unspecified atom stereocenters. The first-order valence-electron chi connectivity index (χ1n) is 10.7. The Kier molecular flexibility index (Phi) is 9.48. The monoisotopic (exact) mass is 472 g/mol. The Hall–Kier alpha value is -3.54. The average molecular weight is 473 g/mol. The third-order valence-corrected chi connectivity index (χ3v) is 5.47. The molecule has 1 aliphatic heterocycles. The molecule has 0 bridgehead atoms. The standard InChI is InChI=1S/C22H30N6O3.CH2O2/c1-13(2)27-10-15-8-17(19(31-4)9-16(15)11-27)22(30)26-20-7-5-6-18(25-20)21(23)28(24)14(3)12-29;2-1-3/h5-9,13-14,23,29H,10-12,24H2,1-4H3,(H,25,26,30);1H,(H,2,3). The SMILES string of the molecule is COc1cc2c(cc1C(=O)Nc1cccc(C(=N)N(N)C(C)CO)n1)CN(C(C)C)C2.O=CO. The largest absolute Gasteiger partial charge is 0.496 e. The number of carbonyl (C=O) groups is 2. The second-order valence-electron chi connectivity index (χ2n) is 8.08. The fourth-order valence-corrected chi connectivity index (χ4v) is 3.43. The lowest BCUT2D eigenvalue weighted by atomic mass is 10.0. The van der Waals surface area contributed by atoms with Crippen molar-refractivity contribution < 1.29 is 24.5 Å². The van der Waals surface area contributed by atoms with E-state index in [0.717, 1.165) is 29.2 Å². The van der Waals surface area contributed by atoms with Crippen molar-refractivity contribution in [2.75, 3.05) is 19.0 Å². The van der Waals surface area contributed by atoms with Gasteiger partial charge in [0.25, 0.3) is 12.4 Å². The third kappa shape index (κ3) is 6.28. The van der Waals surface area contributed by atoms with Gasteiger partial charge in [-0.1, -0.05) is 6.07 Å². The number of carboxylic acid groups (broad SMARTS) is 1. The normalized spacial score (nSPS) is 13.4. The molecule has 1 amide bonds. The minimum Gasteiger partial charge on any atom is -0.496 e. The number of fused-ring (bicyclic) bond motifs is 1. The van der Waals surface area contributed by atoms with Crippen molar-refractivity contribution >= 4 is 24.0 Å². The number of hydrazine groups is 1. The highest BCUT2D eigenvalue weighted by Crippen LogP contribution is 2.31. The number of benzene rings is 1. The van der Waals surface area contributed by atoms with Gasteiger partial charge in [-0.3, -0.25) is 24.9 Å². The molecule has 2 heterocycles. The number of carbonyl (C=O) groups excluding carboxylic acids is 1. The Bertz CT molecular complexity index is 1030. The summed E-state index contributed by atoms with van der Waals surface area (Å²) in [5, 5.41) is 28.3. The second-order valence-corrected chi connectivity index (χ2v) is 8.08. The molecule has 0 radical (unpaired) electrons. The molecule has 0 aliphatic carbocycles. The van der Waals surface area contributed by atoms with Gasteiger partial charge in [0.2, 0.25) is 0 Å². The number of nitrogens with zero attached hydrogens (tertiary/aromatic N) is 3. The quantitative estimate of drug-likeness (QED) is 0.132. The van der Waals surface area contributed by atoms with Crippen LogP contribution in [-0.2, 0) is 17.9 Å². The molecule has 11 heteroatoms. The zero-order chi connectivity index (χ0) is 25.4. The number of amides is 1. The van der Waals surface area contributed by atoms with Gasteiger partial charge in [-0.15, -0.1) is 0 Å². The first kappa shape index (κ1) is 26.7. The van der Waals surface area contributed by atoms with Gasteiger partial charge in [-0.25, -0.2) is 10.8 Å². The molecule has 34 heavy (non-hydrogen) atoms. The van der Waals surface area contributed by atoms with Crippen molar-refractivity contribution in [3.8, 4) is 5.75 Å². The average Bonchev–Trinajstić information content (AvgIpc) is 3.26. The molecule has 0 saturated carbocycles. The number of aliphatic hydroxyl groups is 1. The van der Waals surface area contributed by atoms with Crippen molar-refractivity contribution in [2.24, 2.45) is 5.84 Å². The number of aromatic nitrogens is 1. The molecule has 1 aromatic carbocycles. The molecule has 11 nitrogen and oxygen atoms in total. The van der Waals surface area contributed by atoms with E-state index in [2.05, 4.69) is 29.0 Å². The van der Waals surface area contributed by atoms with E-state index >= 15 is 0 Å². The number of hydrogen-bond acceptors (Lipinski definition) is 8. The van der Waals surface area contributed by atoms with Crippen LogP contribution in [0.3, 0.4) is 0 Å². The lowest BCUT2D eigenvalue weighted by Crippen LogP contribution is -2.46. The number of rotatable bonds is 7. The summed E-state index contributed by atoms with van der Waals surface area (Å²) in [6.07, 6.45) is 0. The smallest absolute Gasteiger partial charge is 0.290 e. The summed E-state index contributed by atoms with van der Waals surface area (Å²) >= 11 is 0. The summed E-state index contributed by atoms with van der Waals surface area (Å²) < 4.78 is 5.48. The minimum atomic E-state index is -0.436. The maximum absolute atomic E-state index is 13.0. The van der Waals surface area contributed by atoms with Crippen LogP contribution in [0.4, 0.5) is 5.82 Å². The van der Waals surface area contributed by atoms with E-state index in [4.69, 9.17) is 25.9 Å². The van der Waals surface area contributed by atoms with Gasteiger partial charge in [0, 0.05) is 19.1 Å². The maximum atomic E-state index is 13.0. The molecular weight excluding hydrogens is 440 g/mol. The van der Waals surface area contributed by atoms with E-state index in [1.165, 1.54) is 0 Å². The Morgan fingerprint density at radius 1 is 1.32 bits per heavy atom. The van der Waals surface area contributed by atoms with Gasteiger partial charge in [-0.2, -0.15) is 0 Å². The molecule has 0 spiro atoms. The number of amidine groups is 1. The fraction of sp³-hybridized carbons (Fsp3) is 0.391. The number of hydrogen-bond donors (Lipinski definition) is 5. The molecular formula is C23H32N6O5. The molecule has 0 saturated heterocycles. The van der Waals surface area contributed by atoms with E-state index in [-0.39, 0.29) is 30.5 Å². The zero-order valence-corrected chi connectivity index (χ0v) is 19.8. The lowest BCUT2D eigenvalue weighted by molar-refractivity contribution is -0.122. The maximum Gasteiger partial charge on any atom is 0.290 e. The summed E-state index contributed by atoms with van der Waals surface area (Å²) in [7, 11) is 1.55. The number of methoxy groups -OCH3 is 1. The predicted molar refractivity (Wildman–Crippen MR) is 128 cm³/mol. The van der Waals surface area contributed by atoms with Gasteiger partial charge in [0.1, 0.15) is 17.3 Å². The van der Waals surface area contributed by atoms with Gasteiger partial charge >= 0.3 is 0 Å². The van der Waals surface area contributed by atoms with Crippen LogP contribution in [0.15, 0.2) is 30.3 Å². The summed E-state index contributed by atoms with van der Waals surface area (Å²) in [5.41, 5.74) is 2.99. The van der Waals surface area contributed by atoms with Crippen molar-refractivity contribution in [1.29, 1.82) is 5.41 Å². The van der Waals surface area contributed by atoms with Crippen molar-refractivity contribution in [3.05, 3.63) is 52.7 Å². The van der Waals surface area contributed by atoms with Gasteiger partial charge < -0.3 is 20.3 Å². The van der Waals surface area contributed by atoms with Crippen molar-refractivity contribution in [3.63, 3.8) is 0 Å². The van der Waals surface area contributed by atoms with Crippen molar-refractivity contribution in [1.82, 2.24) is 14.9 Å². The molecule has 1 aliphatic rings. The number of anilines is 1. The van der Waals surface area contributed by atoms with Crippen molar-refractivity contribution in [2.45, 2.75) is 45.9 Å². The molecule has 1 atom stereocenters. The van der Waals surface area contributed by atoms with E-state index in [9.17, 15) is 9.90 Å². The molecule has 1 aromatic heterocycles. The van der Waals surface area contributed by atoms with Crippen LogP contribution in [0.2, 0.25) is 0 Å². The van der Waals surface area contributed by atoms with Crippen LogP contribution in [-0.4, -0.2) is 69.1 Å². The van der Waals surface area contributed by atoms with Crippen LogP contribution in [0, 0.1) is 5.41 Å².